The summed E-state index contributed by atoms with van der Waals surface area (Å²) in [5.41, 5.74) is 0.646. The fourth-order valence-electron chi connectivity index (χ4n) is 1.65. The molecule has 0 fully saturated rings. The average Bonchev–Trinajstić information content (AvgIpc) is 3.07. The van der Waals surface area contributed by atoms with E-state index in [0.717, 1.165) is 0 Å². The molecule has 3 rings (SSSR count). The molecule has 0 aliphatic carbocycles. The van der Waals surface area contributed by atoms with Gasteiger partial charge in [-0.15, -0.1) is 0 Å². The number of aromatic nitrogens is 2. The largest absolute Gasteiger partial charge is 0.460 e. The second-order valence-electron chi connectivity index (χ2n) is 3.71. The first-order valence-corrected chi connectivity index (χ1v) is 5.69. The predicted molar refractivity (Wildman–Crippen MR) is 61.8 cm³/mol. The number of carbonyl (C=O) groups is 1. The van der Waals surface area contributed by atoms with Crippen LogP contribution in [0, 0.1) is 0 Å². The fraction of sp³-hybridized carbons (Fsp3) is 0.250. The molecule has 98 valence electrons. The van der Waals surface area contributed by atoms with Crippen LogP contribution in [0.2, 0.25) is 0 Å². The molecule has 1 aromatic heterocycles. The topological polar surface area (TPSA) is 83.7 Å². The van der Waals surface area contributed by atoms with Gasteiger partial charge in [-0.1, -0.05) is 0 Å². The molecule has 0 N–H and O–H groups in total. The van der Waals surface area contributed by atoms with Crippen molar-refractivity contribution in [3.63, 3.8) is 0 Å². The maximum absolute atomic E-state index is 11.4. The summed E-state index contributed by atoms with van der Waals surface area (Å²) in [6.45, 7) is 2.15. The molecule has 7 nitrogen and oxygen atoms in total. The Balaban J connectivity index is 1.88. The van der Waals surface area contributed by atoms with Crippen LogP contribution in [0.15, 0.2) is 22.7 Å². The van der Waals surface area contributed by atoms with Gasteiger partial charge in [0.05, 0.1) is 6.61 Å². The molecule has 0 atom stereocenters. The second kappa shape index (κ2) is 4.60. The van der Waals surface area contributed by atoms with Gasteiger partial charge in [0.15, 0.2) is 11.5 Å². The van der Waals surface area contributed by atoms with E-state index in [0.29, 0.717) is 17.1 Å². The molecule has 0 saturated carbocycles. The van der Waals surface area contributed by atoms with Crippen molar-refractivity contribution >= 4 is 5.97 Å². The first-order valence-electron chi connectivity index (χ1n) is 5.69. The summed E-state index contributed by atoms with van der Waals surface area (Å²) in [7, 11) is 0. The number of esters is 1. The highest BCUT2D eigenvalue weighted by Gasteiger charge is 2.19. The first kappa shape index (κ1) is 11.5. The zero-order valence-corrected chi connectivity index (χ0v) is 10.1. The number of fused-ring (bicyclic) bond motifs is 1. The summed E-state index contributed by atoms with van der Waals surface area (Å²) in [5, 5.41) is 3.57. The summed E-state index contributed by atoms with van der Waals surface area (Å²) in [4.78, 5) is 15.4. The summed E-state index contributed by atoms with van der Waals surface area (Å²) in [6.07, 6.45) is 0. The number of nitrogens with zero attached hydrogens (tertiary/aromatic N) is 2. The van der Waals surface area contributed by atoms with Crippen LogP contribution in [0.25, 0.3) is 11.5 Å². The standard InChI is InChI=1S/C12H10N2O5/c1-2-16-12(15)10-13-11(19-14-10)7-3-4-8-9(5-7)18-6-17-8/h3-5H,2,6H2,1H3. The van der Waals surface area contributed by atoms with Gasteiger partial charge in [-0.05, 0) is 30.3 Å². The molecular formula is C12H10N2O5. The van der Waals surface area contributed by atoms with Crippen LogP contribution >= 0.6 is 0 Å². The lowest BCUT2D eigenvalue weighted by Gasteiger charge is -1.97. The lowest BCUT2D eigenvalue weighted by atomic mass is 10.2. The highest BCUT2D eigenvalue weighted by atomic mass is 16.7. The number of hydrogen-bond acceptors (Lipinski definition) is 7. The van der Waals surface area contributed by atoms with Gasteiger partial charge in [0.25, 0.3) is 11.7 Å². The zero-order valence-electron chi connectivity index (χ0n) is 10.1. The highest BCUT2D eigenvalue weighted by molar-refractivity contribution is 5.85. The molecule has 7 heteroatoms. The van der Waals surface area contributed by atoms with Crippen LogP contribution in [-0.2, 0) is 4.74 Å². The Hall–Kier alpha value is -2.57. The number of hydrogen-bond donors (Lipinski definition) is 0. The van der Waals surface area contributed by atoms with Gasteiger partial charge < -0.3 is 18.7 Å². The molecule has 1 aliphatic rings. The van der Waals surface area contributed by atoms with Crippen molar-refractivity contribution in [3.05, 3.63) is 24.0 Å². The normalized spacial score (nSPS) is 12.5. The number of carbonyl (C=O) groups excluding carboxylic acids is 1. The van der Waals surface area contributed by atoms with Crippen molar-refractivity contribution in [3.8, 4) is 23.0 Å². The van der Waals surface area contributed by atoms with E-state index in [1.54, 1.807) is 25.1 Å². The Bertz CT molecular complexity index is 622. The zero-order chi connectivity index (χ0) is 13.2. The first-order chi connectivity index (χ1) is 9.28. The Labute approximate surface area is 108 Å². The Morgan fingerprint density at radius 2 is 2.21 bits per heavy atom. The molecular weight excluding hydrogens is 252 g/mol. The molecule has 0 unspecified atom stereocenters. The van der Waals surface area contributed by atoms with Crippen molar-refractivity contribution in [2.24, 2.45) is 0 Å². The molecule has 0 spiro atoms. The summed E-state index contributed by atoms with van der Waals surface area (Å²) in [5.74, 6) is 0.774. The van der Waals surface area contributed by atoms with Crippen molar-refractivity contribution in [1.29, 1.82) is 0 Å². The van der Waals surface area contributed by atoms with Gasteiger partial charge in [-0.2, -0.15) is 4.98 Å². The van der Waals surface area contributed by atoms with Gasteiger partial charge in [-0.25, -0.2) is 4.79 Å². The van der Waals surface area contributed by atoms with Gasteiger partial charge in [-0.3, -0.25) is 0 Å². The van der Waals surface area contributed by atoms with Crippen LogP contribution in [-0.4, -0.2) is 29.5 Å². The average molecular weight is 262 g/mol. The molecule has 0 bridgehead atoms. The minimum Gasteiger partial charge on any atom is -0.460 e. The minimum atomic E-state index is -0.613. The van der Waals surface area contributed by atoms with Crippen LogP contribution in [0.3, 0.4) is 0 Å². The van der Waals surface area contributed by atoms with Crippen molar-refractivity contribution < 1.29 is 23.5 Å². The molecule has 0 amide bonds. The van der Waals surface area contributed by atoms with Crippen LogP contribution in [0.1, 0.15) is 17.5 Å². The lowest BCUT2D eigenvalue weighted by molar-refractivity contribution is 0.0508. The molecule has 0 radical (unpaired) electrons. The number of ether oxygens (including phenoxy) is 3. The lowest BCUT2D eigenvalue weighted by Crippen LogP contribution is -2.06. The van der Waals surface area contributed by atoms with Crippen molar-refractivity contribution in [2.75, 3.05) is 13.4 Å². The number of benzene rings is 1. The summed E-state index contributed by atoms with van der Waals surface area (Å²) < 4.78 is 20.3. The third-order valence-corrected chi connectivity index (χ3v) is 2.50. The highest BCUT2D eigenvalue weighted by Crippen LogP contribution is 2.35. The minimum absolute atomic E-state index is 0.102. The fourth-order valence-corrected chi connectivity index (χ4v) is 1.65. The monoisotopic (exact) mass is 262 g/mol. The third-order valence-electron chi connectivity index (χ3n) is 2.50. The van der Waals surface area contributed by atoms with Crippen molar-refractivity contribution in [1.82, 2.24) is 10.1 Å². The van der Waals surface area contributed by atoms with Crippen LogP contribution in [0.5, 0.6) is 11.5 Å². The quantitative estimate of drug-likeness (QED) is 0.777. The molecule has 2 aromatic rings. The van der Waals surface area contributed by atoms with Crippen LogP contribution in [0.4, 0.5) is 0 Å². The maximum Gasteiger partial charge on any atom is 0.379 e. The van der Waals surface area contributed by atoms with Gasteiger partial charge in [0.2, 0.25) is 6.79 Å². The smallest absolute Gasteiger partial charge is 0.379 e. The summed E-state index contributed by atoms with van der Waals surface area (Å²) in [6, 6.07) is 5.20. The van der Waals surface area contributed by atoms with E-state index in [1.807, 2.05) is 0 Å². The SMILES string of the molecule is CCOC(=O)c1noc(-c2ccc3c(c2)OCO3)n1. The molecule has 0 saturated heterocycles. The Morgan fingerprint density at radius 3 is 3.05 bits per heavy atom. The predicted octanol–water partition coefficient (Wildman–Crippen LogP) is 1.64. The van der Waals surface area contributed by atoms with E-state index in [4.69, 9.17) is 18.7 Å². The molecule has 2 heterocycles. The van der Waals surface area contributed by atoms with Crippen LogP contribution < -0.4 is 9.47 Å². The van der Waals surface area contributed by atoms with E-state index < -0.39 is 5.97 Å². The molecule has 19 heavy (non-hydrogen) atoms. The Kier molecular flexibility index (Phi) is 2.79. The van der Waals surface area contributed by atoms with E-state index in [-0.39, 0.29) is 25.1 Å². The van der Waals surface area contributed by atoms with E-state index >= 15 is 0 Å². The number of rotatable bonds is 3. The van der Waals surface area contributed by atoms with E-state index in [2.05, 4.69) is 10.1 Å². The molecule has 1 aromatic carbocycles. The van der Waals surface area contributed by atoms with Gasteiger partial charge in [0.1, 0.15) is 0 Å². The summed E-state index contributed by atoms with van der Waals surface area (Å²) >= 11 is 0. The van der Waals surface area contributed by atoms with Gasteiger partial charge in [0, 0.05) is 5.56 Å². The van der Waals surface area contributed by atoms with Gasteiger partial charge >= 0.3 is 5.97 Å². The molecule has 1 aliphatic heterocycles. The van der Waals surface area contributed by atoms with E-state index in [1.165, 1.54) is 0 Å². The maximum atomic E-state index is 11.4. The van der Waals surface area contributed by atoms with E-state index in [9.17, 15) is 4.79 Å². The third kappa shape index (κ3) is 2.10. The second-order valence-corrected chi connectivity index (χ2v) is 3.71. The van der Waals surface area contributed by atoms with Crippen molar-refractivity contribution in [2.45, 2.75) is 6.92 Å². The Morgan fingerprint density at radius 1 is 1.37 bits per heavy atom.